The Morgan fingerprint density at radius 2 is 1.96 bits per heavy atom. The van der Waals surface area contributed by atoms with E-state index < -0.39 is 0 Å². The first-order chi connectivity index (χ1) is 13.2. The molecule has 0 bridgehead atoms. The van der Waals surface area contributed by atoms with Crippen molar-refractivity contribution >= 4 is 22.5 Å². The van der Waals surface area contributed by atoms with Crippen LogP contribution in [0.25, 0.3) is 10.9 Å². The standard InChI is InChI=1S/C21H17N5O/c22-12-15-7-9-16(10-8-15)13-26-14-19(17-4-1-2-6-20(17)26)24-21(27)18-5-3-11-23-25-18/h1-11,14,23,25H,13H2,(H,24,27). The van der Waals surface area contributed by atoms with Crippen molar-refractivity contribution in [2.75, 3.05) is 5.32 Å². The Kier molecular flexibility index (Phi) is 4.33. The van der Waals surface area contributed by atoms with Gasteiger partial charge in [0.25, 0.3) is 5.91 Å². The molecule has 2 heterocycles. The number of para-hydroxylation sites is 1. The molecule has 0 atom stereocenters. The molecule has 4 rings (SSSR count). The van der Waals surface area contributed by atoms with Gasteiger partial charge in [-0.1, -0.05) is 30.3 Å². The number of hydrazine groups is 1. The third kappa shape index (κ3) is 3.39. The van der Waals surface area contributed by atoms with Crippen molar-refractivity contribution in [1.82, 2.24) is 15.4 Å². The number of anilines is 1. The van der Waals surface area contributed by atoms with E-state index in [2.05, 4.69) is 26.8 Å². The summed E-state index contributed by atoms with van der Waals surface area (Å²) in [7, 11) is 0. The number of carbonyl (C=O) groups excluding carboxylic acids is 1. The fourth-order valence-electron chi connectivity index (χ4n) is 3.03. The van der Waals surface area contributed by atoms with E-state index in [-0.39, 0.29) is 5.91 Å². The number of rotatable bonds is 4. The van der Waals surface area contributed by atoms with Gasteiger partial charge in [-0.05, 0) is 35.9 Å². The van der Waals surface area contributed by atoms with Gasteiger partial charge in [0.1, 0.15) is 5.70 Å². The summed E-state index contributed by atoms with van der Waals surface area (Å²) in [4.78, 5) is 12.5. The van der Waals surface area contributed by atoms with Gasteiger partial charge >= 0.3 is 0 Å². The first-order valence-corrected chi connectivity index (χ1v) is 8.51. The minimum atomic E-state index is -0.215. The van der Waals surface area contributed by atoms with Gasteiger partial charge in [0.2, 0.25) is 0 Å². The maximum atomic E-state index is 12.5. The number of benzene rings is 2. The van der Waals surface area contributed by atoms with Crippen molar-refractivity contribution in [2.24, 2.45) is 0 Å². The van der Waals surface area contributed by atoms with Gasteiger partial charge in [0, 0.05) is 24.3 Å². The first kappa shape index (κ1) is 16.5. The van der Waals surface area contributed by atoms with E-state index in [1.807, 2.05) is 54.7 Å². The second-order valence-electron chi connectivity index (χ2n) is 6.16. The number of hydrogen-bond donors (Lipinski definition) is 3. The van der Waals surface area contributed by atoms with Gasteiger partial charge in [0.15, 0.2) is 0 Å². The highest BCUT2D eigenvalue weighted by atomic mass is 16.2. The van der Waals surface area contributed by atoms with Gasteiger partial charge in [-0.2, -0.15) is 5.26 Å². The summed E-state index contributed by atoms with van der Waals surface area (Å²) in [6.07, 6.45) is 7.12. The van der Waals surface area contributed by atoms with Gasteiger partial charge in [-0.3, -0.25) is 10.2 Å². The molecular formula is C21H17N5O. The molecule has 0 fully saturated rings. The van der Waals surface area contributed by atoms with E-state index in [1.165, 1.54) is 0 Å². The van der Waals surface area contributed by atoms with Crippen LogP contribution in [0.2, 0.25) is 0 Å². The van der Waals surface area contributed by atoms with E-state index in [0.717, 1.165) is 22.2 Å². The van der Waals surface area contributed by atoms with Crippen LogP contribution in [0.3, 0.4) is 0 Å². The van der Waals surface area contributed by atoms with Gasteiger partial charge in [-0.25, -0.2) is 0 Å². The number of carbonyl (C=O) groups is 1. The van der Waals surface area contributed by atoms with Crippen LogP contribution in [-0.4, -0.2) is 10.5 Å². The molecule has 6 heteroatoms. The van der Waals surface area contributed by atoms with Gasteiger partial charge in [-0.15, -0.1) is 0 Å². The molecule has 0 aliphatic carbocycles. The minimum absolute atomic E-state index is 0.215. The average molecular weight is 355 g/mol. The Morgan fingerprint density at radius 3 is 2.70 bits per heavy atom. The molecule has 1 aliphatic heterocycles. The second-order valence-corrected chi connectivity index (χ2v) is 6.16. The lowest BCUT2D eigenvalue weighted by Gasteiger charge is -2.12. The molecule has 1 aromatic heterocycles. The van der Waals surface area contributed by atoms with Crippen LogP contribution in [0.4, 0.5) is 5.69 Å². The number of nitriles is 1. The largest absolute Gasteiger partial charge is 0.341 e. The topological polar surface area (TPSA) is 81.9 Å². The molecule has 2 aromatic carbocycles. The van der Waals surface area contributed by atoms with Crippen molar-refractivity contribution in [1.29, 1.82) is 5.26 Å². The maximum Gasteiger partial charge on any atom is 0.273 e. The zero-order valence-corrected chi connectivity index (χ0v) is 14.4. The van der Waals surface area contributed by atoms with E-state index in [9.17, 15) is 4.79 Å². The van der Waals surface area contributed by atoms with E-state index >= 15 is 0 Å². The molecule has 27 heavy (non-hydrogen) atoms. The summed E-state index contributed by atoms with van der Waals surface area (Å²) in [6, 6.07) is 17.6. The zero-order chi connectivity index (χ0) is 18.6. The third-order valence-corrected chi connectivity index (χ3v) is 4.37. The second kappa shape index (κ2) is 7.10. The Bertz CT molecular complexity index is 1100. The molecule has 6 nitrogen and oxygen atoms in total. The van der Waals surface area contributed by atoms with Gasteiger partial charge < -0.3 is 15.3 Å². The average Bonchev–Trinajstić information content (AvgIpc) is 3.06. The Balaban J connectivity index is 1.64. The number of hydrogen-bond acceptors (Lipinski definition) is 4. The van der Waals surface area contributed by atoms with Crippen molar-refractivity contribution in [3.05, 3.63) is 89.9 Å². The summed E-state index contributed by atoms with van der Waals surface area (Å²) in [6.45, 7) is 0.646. The summed E-state index contributed by atoms with van der Waals surface area (Å²) in [5.74, 6) is -0.215. The van der Waals surface area contributed by atoms with Crippen LogP contribution < -0.4 is 16.2 Å². The number of aromatic nitrogens is 1. The van der Waals surface area contributed by atoms with Crippen LogP contribution in [0.1, 0.15) is 11.1 Å². The lowest BCUT2D eigenvalue weighted by Crippen LogP contribution is -2.34. The van der Waals surface area contributed by atoms with Crippen LogP contribution in [0.15, 0.2) is 78.8 Å². The highest BCUT2D eigenvalue weighted by molar-refractivity contribution is 6.08. The minimum Gasteiger partial charge on any atom is -0.341 e. The lowest BCUT2D eigenvalue weighted by atomic mass is 10.1. The predicted octanol–water partition coefficient (Wildman–Crippen LogP) is 3.01. The van der Waals surface area contributed by atoms with Crippen LogP contribution in [0.5, 0.6) is 0 Å². The van der Waals surface area contributed by atoms with Crippen LogP contribution >= 0.6 is 0 Å². The van der Waals surface area contributed by atoms with Crippen LogP contribution in [0, 0.1) is 11.3 Å². The Hall–Kier alpha value is -3.98. The van der Waals surface area contributed by atoms with E-state index in [4.69, 9.17) is 5.26 Å². The van der Waals surface area contributed by atoms with Crippen molar-refractivity contribution in [2.45, 2.75) is 6.54 Å². The fraction of sp³-hybridized carbons (Fsp3) is 0.0476. The van der Waals surface area contributed by atoms with E-state index in [0.29, 0.717) is 17.8 Å². The SMILES string of the molecule is N#Cc1ccc(Cn2cc(NC(=O)C3=CC=CNN3)c3ccccc32)cc1. The summed E-state index contributed by atoms with van der Waals surface area (Å²) in [5, 5.41) is 12.9. The number of nitrogens with zero attached hydrogens (tertiary/aromatic N) is 2. The quantitative estimate of drug-likeness (QED) is 0.672. The highest BCUT2D eigenvalue weighted by Gasteiger charge is 2.14. The molecular weight excluding hydrogens is 338 g/mol. The molecule has 1 amide bonds. The highest BCUT2D eigenvalue weighted by Crippen LogP contribution is 2.27. The molecule has 0 radical (unpaired) electrons. The van der Waals surface area contributed by atoms with Crippen molar-refractivity contribution in [3.63, 3.8) is 0 Å². The lowest BCUT2D eigenvalue weighted by molar-refractivity contribution is -0.113. The fourth-order valence-corrected chi connectivity index (χ4v) is 3.03. The maximum absolute atomic E-state index is 12.5. The zero-order valence-electron chi connectivity index (χ0n) is 14.4. The van der Waals surface area contributed by atoms with E-state index in [1.54, 1.807) is 18.4 Å². The Morgan fingerprint density at radius 1 is 1.15 bits per heavy atom. The number of nitrogens with one attached hydrogen (secondary N) is 3. The molecule has 3 aromatic rings. The summed E-state index contributed by atoms with van der Waals surface area (Å²) in [5.41, 5.74) is 9.57. The number of fused-ring (bicyclic) bond motifs is 1. The van der Waals surface area contributed by atoms with Gasteiger partial charge in [0.05, 0.1) is 22.8 Å². The smallest absolute Gasteiger partial charge is 0.273 e. The monoisotopic (exact) mass is 355 g/mol. The molecule has 1 aliphatic rings. The molecule has 0 unspecified atom stereocenters. The molecule has 0 saturated heterocycles. The first-order valence-electron chi connectivity index (χ1n) is 8.51. The normalized spacial score (nSPS) is 12.6. The van der Waals surface area contributed by atoms with Crippen molar-refractivity contribution in [3.8, 4) is 6.07 Å². The summed E-state index contributed by atoms with van der Waals surface area (Å²) < 4.78 is 2.09. The number of amides is 1. The van der Waals surface area contributed by atoms with Crippen molar-refractivity contribution < 1.29 is 4.79 Å². The molecule has 0 saturated carbocycles. The summed E-state index contributed by atoms with van der Waals surface area (Å²) >= 11 is 0. The Labute approximate surface area is 156 Å². The van der Waals surface area contributed by atoms with Crippen LogP contribution in [-0.2, 0) is 11.3 Å². The predicted molar refractivity (Wildman–Crippen MR) is 104 cm³/mol. The third-order valence-electron chi connectivity index (χ3n) is 4.37. The number of allylic oxidation sites excluding steroid dienone is 2. The molecule has 0 spiro atoms. The molecule has 132 valence electrons. The molecule has 3 N–H and O–H groups in total.